The van der Waals surface area contributed by atoms with Gasteiger partial charge in [0.25, 0.3) is 0 Å². The Labute approximate surface area is 115 Å². The van der Waals surface area contributed by atoms with E-state index in [1.54, 1.807) is 0 Å². The van der Waals surface area contributed by atoms with Crippen molar-refractivity contribution >= 4 is 5.96 Å². The number of hydrazine groups is 1. The molecule has 2 bridgehead atoms. The average molecular weight is 269 g/mol. The van der Waals surface area contributed by atoms with Crippen LogP contribution in [0.15, 0.2) is 4.99 Å². The molecule has 0 spiro atoms. The summed E-state index contributed by atoms with van der Waals surface area (Å²) in [5, 5.41) is 3.46. The third-order valence-corrected chi connectivity index (χ3v) is 4.04. The molecule has 6 heteroatoms. The van der Waals surface area contributed by atoms with Gasteiger partial charge in [0.05, 0.1) is 0 Å². The zero-order chi connectivity index (χ0) is 13.5. The average Bonchev–Trinajstić information content (AvgIpc) is 2.47. The Morgan fingerprint density at radius 3 is 2.79 bits per heavy atom. The fourth-order valence-electron chi connectivity index (χ4n) is 2.94. The van der Waals surface area contributed by atoms with Gasteiger partial charge in [0.15, 0.2) is 0 Å². The van der Waals surface area contributed by atoms with Gasteiger partial charge in [-0.15, -0.1) is 0 Å². The summed E-state index contributed by atoms with van der Waals surface area (Å²) in [6.45, 7) is 7.89. The molecule has 3 aliphatic rings. The van der Waals surface area contributed by atoms with E-state index in [-0.39, 0.29) is 0 Å². The molecule has 4 N–H and O–H groups in total. The first-order valence-corrected chi connectivity index (χ1v) is 7.41. The topological polar surface area (TPSA) is 74.9 Å². The summed E-state index contributed by atoms with van der Waals surface area (Å²) >= 11 is 0. The molecule has 3 saturated heterocycles. The van der Waals surface area contributed by atoms with Crippen LogP contribution in [0, 0.1) is 5.92 Å². The SMILES string of the molecule is CCOCCCN=C(NN)NC1CN2CCC1CC2. The lowest BCUT2D eigenvalue weighted by atomic mass is 9.84. The minimum Gasteiger partial charge on any atom is -0.382 e. The summed E-state index contributed by atoms with van der Waals surface area (Å²) in [5.74, 6) is 7.03. The van der Waals surface area contributed by atoms with Crippen LogP contribution in [0.4, 0.5) is 0 Å². The van der Waals surface area contributed by atoms with Crippen LogP contribution in [0.5, 0.6) is 0 Å². The second-order valence-electron chi connectivity index (χ2n) is 5.31. The van der Waals surface area contributed by atoms with Gasteiger partial charge in [-0.3, -0.25) is 10.4 Å². The number of hydrogen-bond acceptors (Lipinski definition) is 4. The van der Waals surface area contributed by atoms with Crippen molar-refractivity contribution < 1.29 is 4.74 Å². The second-order valence-corrected chi connectivity index (χ2v) is 5.31. The van der Waals surface area contributed by atoms with Crippen LogP contribution in [-0.4, -0.2) is 56.3 Å². The number of hydrogen-bond donors (Lipinski definition) is 3. The molecule has 3 fully saturated rings. The monoisotopic (exact) mass is 269 g/mol. The molecular weight excluding hydrogens is 242 g/mol. The number of fused-ring (bicyclic) bond motifs is 3. The largest absolute Gasteiger partial charge is 0.382 e. The minimum atomic E-state index is 0.490. The molecule has 0 radical (unpaired) electrons. The minimum absolute atomic E-state index is 0.490. The maximum Gasteiger partial charge on any atom is 0.205 e. The number of nitrogens with one attached hydrogen (secondary N) is 2. The van der Waals surface area contributed by atoms with Crippen LogP contribution in [0.3, 0.4) is 0 Å². The highest BCUT2D eigenvalue weighted by Gasteiger charge is 2.34. The van der Waals surface area contributed by atoms with Crippen LogP contribution in [0.2, 0.25) is 0 Å². The first kappa shape index (κ1) is 14.6. The number of rotatable bonds is 6. The van der Waals surface area contributed by atoms with Crippen molar-refractivity contribution in [3.8, 4) is 0 Å². The van der Waals surface area contributed by atoms with E-state index in [9.17, 15) is 0 Å². The molecule has 6 nitrogen and oxygen atoms in total. The Balaban J connectivity index is 1.73. The van der Waals surface area contributed by atoms with Gasteiger partial charge in [-0.25, -0.2) is 5.84 Å². The van der Waals surface area contributed by atoms with Gasteiger partial charge >= 0.3 is 0 Å². The molecule has 3 heterocycles. The quantitative estimate of drug-likeness (QED) is 0.207. The normalized spacial score (nSPS) is 30.4. The van der Waals surface area contributed by atoms with Gasteiger partial charge < -0.3 is 15.0 Å². The van der Waals surface area contributed by atoms with Crippen LogP contribution in [-0.2, 0) is 4.74 Å². The maximum atomic E-state index is 5.54. The lowest BCUT2D eigenvalue weighted by Gasteiger charge is -2.45. The molecule has 0 aromatic rings. The van der Waals surface area contributed by atoms with Crippen molar-refractivity contribution in [2.75, 3.05) is 39.4 Å². The molecule has 3 aliphatic heterocycles. The van der Waals surface area contributed by atoms with Crippen LogP contribution < -0.4 is 16.6 Å². The molecule has 0 saturated carbocycles. The summed E-state index contributed by atoms with van der Waals surface area (Å²) in [6, 6.07) is 0.490. The van der Waals surface area contributed by atoms with E-state index in [0.717, 1.165) is 44.6 Å². The van der Waals surface area contributed by atoms with E-state index in [1.165, 1.54) is 25.9 Å². The van der Waals surface area contributed by atoms with Gasteiger partial charge in [0.1, 0.15) is 0 Å². The molecule has 1 atom stereocenters. The molecule has 0 aromatic heterocycles. The molecule has 19 heavy (non-hydrogen) atoms. The van der Waals surface area contributed by atoms with E-state index in [0.29, 0.717) is 6.04 Å². The third kappa shape index (κ3) is 4.33. The number of nitrogens with zero attached hydrogens (tertiary/aromatic N) is 2. The number of guanidine groups is 1. The van der Waals surface area contributed by atoms with Gasteiger partial charge in [0, 0.05) is 32.3 Å². The van der Waals surface area contributed by atoms with Gasteiger partial charge in [-0.05, 0) is 45.2 Å². The number of piperidine rings is 3. The molecule has 3 rings (SSSR count). The van der Waals surface area contributed by atoms with Crippen LogP contribution >= 0.6 is 0 Å². The predicted molar refractivity (Wildman–Crippen MR) is 76.8 cm³/mol. The molecule has 110 valence electrons. The standard InChI is InChI=1S/C13H27N5O/c1-2-19-9-3-6-15-13(17-14)16-12-10-18-7-4-11(12)5-8-18/h11-12H,2-10,14H2,1H3,(H2,15,16,17). The Morgan fingerprint density at radius 1 is 1.42 bits per heavy atom. The Bertz CT molecular complexity index is 289. The van der Waals surface area contributed by atoms with Gasteiger partial charge in [0.2, 0.25) is 5.96 Å². The molecule has 0 amide bonds. The third-order valence-electron chi connectivity index (χ3n) is 4.04. The van der Waals surface area contributed by atoms with Crippen molar-refractivity contribution in [3.05, 3.63) is 0 Å². The maximum absolute atomic E-state index is 5.54. The zero-order valence-electron chi connectivity index (χ0n) is 11.9. The van der Waals surface area contributed by atoms with E-state index in [4.69, 9.17) is 10.6 Å². The fourth-order valence-corrected chi connectivity index (χ4v) is 2.94. The van der Waals surface area contributed by atoms with Crippen molar-refractivity contribution in [2.45, 2.75) is 32.2 Å². The second kappa shape index (κ2) is 7.67. The van der Waals surface area contributed by atoms with Crippen molar-refractivity contribution in [1.29, 1.82) is 0 Å². The number of nitrogens with two attached hydrogens (primary N) is 1. The van der Waals surface area contributed by atoms with Crippen molar-refractivity contribution in [2.24, 2.45) is 16.8 Å². The smallest absolute Gasteiger partial charge is 0.205 e. The lowest BCUT2D eigenvalue weighted by Crippen LogP contribution is -2.59. The highest BCUT2D eigenvalue weighted by Crippen LogP contribution is 2.27. The Morgan fingerprint density at radius 2 is 2.21 bits per heavy atom. The molecule has 1 unspecified atom stereocenters. The van der Waals surface area contributed by atoms with Gasteiger partial charge in [-0.2, -0.15) is 0 Å². The van der Waals surface area contributed by atoms with E-state index < -0.39 is 0 Å². The highest BCUT2D eigenvalue weighted by molar-refractivity contribution is 5.79. The summed E-state index contributed by atoms with van der Waals surface area (Å²) < 4.78 is 5.29. The number of aliphatic imine (C=N–C) groups is 1. The summed E-state index contributed by atoms with van der Waals surface area (Å²) in [4.78, 5) is 6.98. The zero-order valence-corrected chi connectivity index (χ0v) is 11.9. The summed E-state index contributed by atoms with van der Waals surface area (Å²) in [6.07, 6.45) is 3.51. The van der Waals surface area contributed by atoms with Crippen molar-refractivity contribution in [1.82, 2.24) is 15.6 Å². The number of ether oxygens (including phenoxy) is 1. The Hall–Kier alpha value is -0.850. The Kier molecular flexibility index (Phi) is 5.88. The first-order chi connectivity index (χ1) is 9.33. The predicted octanol–water partition coefficient (Wildman–Crippen LogP) is -0.0839. The van der Waals surface area contributed by atoms with Gasteiger partial charge in [-0.1, -0.05) is 0 Å². The van der Waals surface area contributed by atoms with Crippen molar-refractivity contribution in [3.63, 3.8) is 0 Å². The van der Waals surface area contributed by atoms with Crippen LogP contribution in [0.1, 0.15) is 26.2 Å². The molecule has 0 aliphatic carbocycles. The first-order valence-electron chi connectivity index (χ1n) is 7.41. The van der Waals surface area contributed by atoms with E-state index >= 15 is 0 Å². The highest BCUT2D eigenvalue weighted by atomic mass is 16.5. The lowest BCUT2D eigenvalue weighted by molar-refractivity contribution is 0.0808. The van der Waals surface area contributed by atoms with E-state index in [1.807, 2.05) is 6.92 Å². The summed E-state index contributed by atoms with van der Waals surface area (Å²) in [7, 11) is 0. The van der Waals surface area contributed by atoms with Crippen LogP contribution in [0.25, 0.3) is 0 Å². The molecular formula is C13H27N5O. The van der Waals surface area contributed by atoms with E-state index in [2.05, 4.69) is 20.6 Å². The molecule has 0 aromatic carbocycles. The fraction of sp³-hybridized carbons (Fsp3) is 0.923. The summed E-state index contributed by atoms with van der Waals surface area (Å²) in [5.41, 5.74) is 2.68.